The third-order valence-corrected chi connectivity index (χ3v) is 3.26. The van der Waals surface area contributed by atoms with Crippen LogP contribution in [0.4, 0.5) is 0 Å². The van der Waals surface area contributed by atoms with E-state index in [0.717, 1.165) is 16.5 Å². The molecule has 0 aliphatic carbocycles. The van der Waals surface area contributed by atoms with E-state index in [0.29, 0.717) is 6.54 Å². The van der Waals surface area contributed by atoms with Gasteiger partial charge in [0.2, 0.25) is 0 Å². The molecule has 1 aromatic rings. The van der Waals surface area contributed by atoms with Crippen molar-refractivity contribution >= 4 is 21.9 Å². The lowest BCUT2D eigenvalue weighted by atomic mass is 9.92. The molecule has 2 N–H and O–H groups in total. The molecule has 1 unspecified atom stereocenters. The first-order chi connectivity index (χ1) is 7.52. The van der Waals surface area contributed by atoms with Gasteiger partial charge in [-0.1, -0.05) is 41.1 Å². The molecule has 0 aliphatic heterocycles. The molecule has 16 heavy (non-hydrogen) atoms. The quantitative estimate of drug-likeness (QED) is 0.875. The fourth-order valence-electron chi connectivity index (χ4n) is 1.53. The van der Waals surface area contributed by atoms with E-state index in [1.807, 2.05) is 31.2 Å². The zero-order valence-corrected chi connectivity index (χ0v) is 11.0. The molecule has 0 fully saturated rings. The molecule has 3 nitrogen and oxygen atoms in total. The second-order valence-electron chi connectivity index (χ2n) is 3.84. The Morgan fingerprint density at radius 3 is 2.62 bits per heavy atom. The molecule has 0 aromatic heterocycles. The normalized spacial score (nSPS) is 14.4. The average Bonchev–Trinajstić information content (AvgIpc) is 2.26. The second kappa shape index (κ2) is 5.46. The highest BCUT2D eigenvalue weighted by atomic mass is 79.9. The maximum Gasteiger partial charge on any atom is 0.328 e. The Morgan fingerprint density at radius 1 is 1.50 bits per heavy atom. The summed E-state index contributed by atoms with van der Waals surface area (Å²) in [4.78, 5) is 11.4. The molecule has 0 bridgehead atoms. The summed E-state index contributed by atoms with van der Waals surface area (Å²) in [6.45, 7) is 4.37. The highest BCUT2D eigenvalue weighted by Gasteiger charge is 2.35. The fourth-order valence-corrected chi connectivity index (χ4v) is 2.21. The lowest BCUT2D eigenvalue weighted by Crippen LogP contribution is -2.47. The SMILES string of the molecule is CCCNC(C)(C(=O)O)c1ccccc1Br. The number of aliphatic carboxylic acids is 1. The van der Waals surface area contributed by atoms with Gasteiger partial charge < -0.3 is 5.11 Å². The van der Waals surface area contributed by atoms with Gasteiger partial charge in [-0.15, -0.1) is 0 Å². The lowest BCUT2D eigenvalue weighted by molar-refractivity contribution is -0.144. The number of rotatable bonds is 5. The number of nitrogens with one attached hydrogen (secondary N) is 1. The first-order valence-corrected chi connectivity index (χ1v) is 6.05. The predicted molar refractivity (Wildman–Crippen MR) is 67.4 cm³/mol. The smallest absolute Gasteiger partial charge is 0.328 e. The summed E-state index contributed by atoms with van der Waals surface area (Å²) < 4.78 is 0.809. The molecular weight excluding hydrogens is 270 g/mol. The van der Waals surface area contributed by atoms with E-state index in [9.17, 15) is 9.90 Å². The number of carboxylic acid groups (broad SMARTS) is 1. The molecule has 0 heterocycles. The Balaban J connectivity index is 3.11. The summed E-state index contributed by atoms with van der Waals surface area (Å²) in [7, 11) is 0. The minimum atomic E-state index is -1.05. The van der Waals surface area contributed by atoms with Crippen molar-refractivity contribution in [1.29, 1.82) is 0 Å². The molecule has 0 aliphatic rings. The molecule has 4 heteroatoms. The van der Waals surface area contributed by atoms with Crippen molar-refractivity contribution in [2.24, 2.45) is 0 Å². The van der Waals surface area contributed by atoms with Crippen LogP contribution in [0.5, 0.6) is 0 Å². The third kappa shape index (κ3) is 2.62. The van der Waals surface area contributed by atoms with Gasteiger partial charge in [0.25, 0.3) is 0 Å². The van der Waals surface area contributed by atoms with Gasteiger partial charge in [-0.2, -0.15) is 0 Å². The third-order valence-electron chi connectivity index (χ3n) is 2.57. The first kappa shape index (κ1) is 13.2. The van der Waals surface area contributed by atoms with Gasteiger partial charge in [0, 0.05) is 4.47 Å². The van der Waals surface area contributed by atoms with Crippen LogP contribution in [0.1, 0.15) is 25.8 Å². The van der Waals surface area contributed by atoms with E-state index in [4.69, 9.17) is 0 Å². The van der Waals surface area contributed by atoms with Crippen molar-refractivity contribution < 1.29 is 9.90 Å². The molecule has 0 amide bonds. The minimum absolute atomic E-state index is 0.671. The summed E-state index contributed by atoms with van der Waals surface area (Å²) >= 11 is 3.39. The van der Waals surface area contributed by atoms with Gasteiger partial charge in [-0.25, -0.2) is 4.79 Å². The summed E-state index contributed by atoms with van der Waals surface area (Å²) in [5.41, 5.74) is -0.299. The average molecular weight is 286 g/mol. The molecular formula is C12H16BrNO2. The Kier molecular flexibility index (Phi) is 4.50. The Morgan fingerprint density at radius 2 is 2.12 bits per heavy atom. The van der Waals surface area contributed by atoms with Crippen molar-refractivity contribution in [2.75, 3.05) is 6.54 Å². The van der Waals surface area contributed by atoms with E-state index < -0.39 is 11.5 Å². The molecule has 1 rings (SSSR count). The maximum absolute atomic E-state index is 11.4. The second-order valence-corrected chi connectivity index (χ2v) is 4.69. The zero-order valence-electron chi connectivity index (χ0n) is 9.46. The number of halogens is 1. The first-order valence-electron chi connectivity index (χ1n) is 5.25. The van der Waals surface area contributed by atoms with Crippen LogP contribution in [0.15, 0.2) is 28.7 Å². The Labute approximate surface area is 104 Å². The van der Waals surface area contributed by atoms with Crippen molar-refractivity contribution in [3.8, 4) is 0 Å². The standard InChI is InChI=1S/C12H16BrNO2/c1-3-8-14-12(2,11(15)16)9-6-4-5-7-10(9)13/h4-7,14H,3,8H2,1-2H3,(H,15,16). The number of hydrogen-bond acceptors (Lipinski definition) is 2. The molecule has 1 aromatic carbocycles. The number of hydrogen-bond donors (Lipinski definition) is 2. The monoisotopic (exact) mass is 285 g/mol. The molecule has 88 valence electrons. The summed E-state index contributed by atoms with van der Waals surface area (Å²) in [5, 5.41) is 12.4. The fraction of sp³-hybridized carbons (Fsp3) is 0.417. The van der Waals surface area contributed by atoms with Crippen molar-refractivity contribution in [1.82, 2.24) is 5.32 Å². The largest absolute Gasteiger partial charge is 0.480 e. The molecule has 0 spiro atoms. The van der Waals surface area contributed by atoms with Crippen LogP contribution in [0.25, 0.3) is 0 Å². The highest BCUT2D eigenvalue weighted by molar-refractivity contribution is 9.10. The van der Waals surface area contributed by atoms with Gasteiger partial charge in [-0.3, -0.25) is 5.32 Å². The van der Waals surface area contributed by atoms with Crippen molar-refractivity contribution in [3.05, 3.63) is 34.3 Å². The number of carboxylic acids is 1. The molecule has 0 saturated heterocycles. The maximum atomic E-state index is 11.4. The topological polar surface area (TPSA) is 49.3 Å². The van der Waals surface area contributed by atoms with Crippen LogP contribution in [-0.2, 0) is 10.3 Å². The van der Waals surface area contributed by atoms with Crippen LogP contribution < -0.4 is 5.32 Å². The van der Waals surface area contributed by atoms with Gasteiger partial charge in [-0.05, 0) is 31.5 Å². The number of benzene rings is 1. The molecule has 0 saturated carbocycles. The van der Waals surface area contributed by atoms with Crippen LogP contribution in [-0.4, -0.2) is 17.6 Å². The summed E-state index contributed by atoms with van der Waals surface area (Å²) in [6, 6.07) is 7.38. The van der Waals surface area contributed by atoms with E-state index in [1.165, 1.54) is 0 Å². The van der Waals surface area contributed by atoms with Crippen LogP contribution >= 0.6 is 15.9 Å². The number of carbonyl (C=O) groups is 1. The summed E-state index contributed by atoms with van der Waals surface area (Å²) in [5.74, 6) is -0.868. The van der Waals surface area contributed by atoms with Gasteiger partial charge in [0.1, 0.15) is 5.54 Å². The summed E-state index contributed by atoms with van der Waals surface area (Å²) in [6.07, 6.45) is 0.896. The van der Waals surface area contributed by atoms with E-state index >= 15 is 0 Å². The van der Waals surface area contributed by atoms with E-state index in [-0.39, 0.29) is 0 Å². The molecule has 0 radical (unpaired) electrons. The Bertz CT molecular complexity index is 381. The Hall–Kier alpha value is -0.870. The van der Waals surface area contributed by atoms with Gasteiger partial charge >= 0.3 is 5.97 Å². The predicted octanol–water partition coefficient (Wildman–Crippen LogP) is 2.75. The van der Waals surface area contributed by atoms with E-state index in [1.54, 1.807) is 6.92 Å². The highest BCUT2D eigenvalue weighted by Crippen LogP contribution is 2.28. The zero-order chi connectivity index (χ0) is 12.2. The lowest BCUT2D eigenvalue weighted by Gasteiger charge is -2.27. The van der Waals surface area contributed by atoms with Gasteiger partial charge in [0.05, 0.1) is 0 Å². The van der Waals surface area contributed by atoms with E-state index in [2.05, 4.69) is 21.2 Å². The molecule has 1 atom stereocenters. The van der Waals surface area contributed by atoms with Crippen LogP contribution in [0, 0.1) is 0 Å². The van der Waals surface area contributed by atoms with Crippen LogP contribution in [0.2, 0.25) is 0 Å². The minimum Gasteiger partial charge on any atom is -0.480 e. The van der Waals surface area contributed by atoms with Gasteiger partial charge in [0.15, 0.2) is 0 Å². The van der Waals surface area contributed by atoms with Crippen molar-refractivity contribution in [3.63, 3.8) is 0 Å². The van der Waals surface area contributed by atoms with Crippen molar-refractivity contribution in [2.45, 2.75) is 25.8 Å². The van der Waals surface area contributed by atoms with Crippen LogP contribution in [0.3, 0.4) is 0 Å².